The standard InChI is InChI=1S/C16H17F2N3O3.H2O/c1-2-20-8-10(16(23)24)15(22)9-7-11(17)14(12(18)13(9)20)21-5-3-19-4-6-21;/h7-8,19H,2-6H2,1H3,(H,23,24);1H2. The number of anilines is 1. The fourth-order valence-electron chi connectivity index (χ4n) is 3.06. The number of benzene rings is 1. The average Bonchev–Trinajstić information content (AvgIpc) is 2.56. The molecule has 3 rings (SSSR count). The maximum Gasteiger partial charge on any atom is 0.341 e. The van der Waals surface area contributed by atoms with Crippen LogP contribution >= 0.6 is 0 Å². The maximum atomic E-state index is 15.1. The molecule has 0 amide bonds. The van der Waals surface area contributed by atoms with E-state index in [1.54, 1.807) is 11.8 Å². The van der Waals surface area contributed by atoms with Gasteiger partial charge in [-0.2, -0.15) is 0 Å². The molecule has 2 heterocycles. The summed E-state index contributed by atoms with van der Waals surface area (Å²) in [6.07, 6.45) is 1.11. The van der Waals surface area contributed by atoms with Crippen molar-refractivity contribution < 1.29 is 24.2 Å². The quantitative estimate of drug-likeness (QED) is 0.838. The van der Waals surface area contributed by atoms with Crippen LogP contribution in [0.2, 0.25) is 0 Å². The molecule has 0 saturated carbocycles. The molecule has 1 aliphatic rings. The van der Waals surface area contributed by atoms with Gasteiger partial charge in [0.05, 0.1) is 10.9 Å². The number of carboxylic acids is 1. The first-order chi connectivity index (χ1) is 11.5. The van der Waals surface area contributed by atoms with Crippen LogP contribution in [0.25, 0.3) is 10.9 Å². The van der Waals surface area contributed by atoms with Gasteiger partial charge in [-0.15, -0.1) is 0 Å². The molecule has 136 valence electrons. The molecule has 9 heteroatoms. The summed E-state index contributed by atoms with van der Waals surface area (Å²) in [5.74, 6) is -3.11. The molecule has 25 heavy (non-hydrogen) atoms. The molecule has 0 unspecified atom stereocenters. The third-order valence-electron chi connectivity index (χ3n) is 4.23. The zero-order valence-corrected chi connectivity index (χ0v) is 13.6. The Labute approximate surface area is 141 Å². The van der Waals surface area contributed by atoms with Crippen LogP contribution in [0.4, 0.5) is 14.5 Å². The average molecular weight is 355 g/mol. The summed E-state index contributed by atoms with van der Waals surface area (Å²) in [7, 11) is 0. The van der Waals surface area contributed by atoms with Crippen molar-refractivity contribution in [2.45, 2.75) is 13.5 Å². The van der Waals surface area contributed by atoms with Crippen LogP contribution in [-0.4, -0.2) is 47.3 Å². The Hall–Kier alpha value is -2.52. The van der Waals surface area contributed by atoms with E-state index in [4.69, 9.17) is 5.11 Å². The van der Waals surface area contributed by atoms with Crippen molar-refractivity contribution in [1.29, 1.82) is 0 Å². The van der Waals surface area contributed by atoms with Crippen molar-refractivity contribution >= 4 is 22.6 Å². The van der Waals surface area contributed by atoms with Gasteiger partial charge in [-0.25, -0.2) is 13.6 Å². The molecule has 0 aliphatic carbocycles. The Bertz CT molecular complexity index is 876. The van der Waals surface area contributed by atoms with Crippen LogP contribution < -0.4 is 15.6 Å². The molecule has 7 nitrogen and oxygen atoms in total. The number of aromatic nitrogens is 1. The fraction of sp³-hybridized carbons (Fsp3) is 0.375. The molecule has 0 spiro atoms. The van der Waals surface area contributed by atoms with Gasteiger partial charge in [-0.3, -0.25) is 4.79 Å². The Morgan fingerprint density at radius 2 is 1.96 bits per heavy atom. The number of fused-ring (bicyclic) bond motifs is 1. The molecule has 0 bridgehead atoms. The van der Waals surface area contributed by atoms with E-state index >= 15 is 4.39 Å². The highest BCUT2D eigenvalue weighted by molar-refractivity contribution is 5.93. The van der Waals surface area contributed by atoms with Crippen LogP contribution in [0, 0.1) is 11.6 Å². The number of nitrogens with zero attached hydrogens (tertiary/aromatic N) is 2. The molecule has 1 aromatic heterocycles. The minimum absolute atomic E-state index is 0. The number of aromatic carboxylic acids is 1. The van der Waals surface area contributed by atoms with Gasteiger partial charge in [0, 0.05) is 38.9 Å². The number of rotatable bonds is 3. The Kier molecular flexibility index (Phi) is 5.39. The van der Waals surface area contributed by atoms with Crippen molar-refractivity contribution in [3.8, 4) is 0 Å². The number of carbonyl (C=O) groups is 1. The van der Waals surface area contributed by atoms with E-state index in [9.17, 15) is 14.0 Å². The van der Waals surface area contributed by atoms with Crippen molar-refractivity contribution in [2.75, 3.05) is 31.1 Å². The predicted octanol–water partition coefficient (Wildman–Crippen LogP) is 0.583. The van der Waals surface area contributed by atoms with E-state index in [-0.39, 0.29) is 28.6 Å². The Morgan fingerprint density at radius 3 is 2.52 bits per heavy atom. The summed E-state index contributed by atoms with van der Waals surface area (Å²) in [6, 6.07) is 0.941. The largest absolute Gasteiger partial charge is 0.477 e. The smallest absolute Gasteiger partial charge is 0.341 e. The predicted molar refractivity (Wildman–Crippen MR) is 89.5 cm³/mol. The maximum absolute atomic E-state index is 15.1. The molecular formula is C16H19F2N3O4. The van der Waals surface area contributed by atoms with Gasteiger partial charge in [0.15, 0.2) is 5.82 Å². The first kappa shape index (κ1) is 18.8. The van der Waals surface area contributed by atoms with Crippen LogP contribution in [0.15, 0.2) is 17.1 Å². The summed E-state index contributed by atoms with van der Waals surface area (Å²) < 4.78 is 30.9. The Morgan fingerprint density at radius 1 is 1.32 bits per heavy atom. The van der Waals surface area contributed by atoms with Gasteiger partial charge >= 0.3 is 5.97 Å². The molecular weight excluding hydrogens is 336 g/mol. The topological polar surface area (TPSA) is 106 Å². The Balaban J connectivity index is 0.00000225. The van der Waals surface area contributed by atoms with E-state index in [1.165, 1.54) is 4.57 Å². The molecule has 2 aromatic rings. The van der Waals surface area contributed by atoms with Gasteiger partial charge < -0.3 is 25.4 Å². The molecule has 1 fully saturated rings. The normalized spacial score (nSPS) is 14.4. The molecule has 1 saturated heterocycles. The number of piperazine rings is 1. The second-order valence-corrected chi connectivity index (χ2v) is 5.62. The summed E-state index contributed by atoms with van der Waals surface area (Å²) in [5.41, 5.74) is -1.62. The van der Waals surface area contributed by atoms with E-state index < -0.39 is 28.6 Å². The molecule has 0 atom stereocenters. The zero-order valence-electron chi connectivity index (χ0n) is 13.6. The van der Waals surface area contributed by atoms with Crippen molar-refractivity contribution in [3.05, 3.63) is 39.7 Å². The summed E-state index contributed by atoms with van der Waals surface area (Å²) in [4.78, 5) is 25.1. The van der Waals surface area contributed by atoms with E-state index in [2.05, 4.69) is 5.32 Å². The number of hydrogen-bond acceptors (Lipinski definition) is 4. The lowest BCUT2D eigenvalue weighted by Crippen LogP contribution is -2.44. The van der Waals surface area contributed by atoms with Gasteiger partial charge in [-0.1, -0.05) is 0 Å². The number of carboxylic acid groups (broad SMARTS) is 1. The van der Waals surface area contributed by atoms with Crippen molar-refractivity contribution in [3.63, 3.8) is 0 Å². The first-order valence-corrected chi connectivity index (χ1v) is 7.69. The summed E-state index contributed by atoms with van der Waals surface area (Å²) >= 11 is 0. The number of nitrogens with one attached hydrogen (secondary N) is 1. The minimum Gasteiger partial charge on any atom is -0.477 e. The van der Waals surface area contributed by atoms with Gasteiger partial charge in [0.1, 0.15) is 17.1 Å². The van der Waals surface area contributed by atoms with E-state index in [1.807, 2.05) is 0 Å². The van der Waals surface area contributed by atoms with Crippen LogP contribution in [0.1, 0.15) is 17.3 Å². The molecule has 4 N–H and O–H groups in total. The summed E-state index contributed by atoms with van der Waals surface area (Å²) in [6.45, 7) is 4.06. The fourth-order valence-corrected chi connectivity index (χ4v) is 3.06. The van der Waals surface area contributed by atoms with Gasteiger partial charge in [-0.05, 0) is 13.0 Å². The number of halogens is 2. The van der Waals surface area contributed by atoms with Crippen LogP contribution in [0.3, 0.4) is 0 Å². The minimum atomic E-state index is -1.42. The lowest BCUT2D eigenvalue weighted by molar-refractivity contribution is 0.0695. The number of aryl methyl sites for hydroxylation is 1. The van der Waals surface area contributed by atoms with Crippen LogP contribution in [-0.2, 0) is 6.54 Å². The summed E-state index contributed by atoms with van der Waals surface area (Å²) in [5, 5.41) is 12.0. The van der Waals surface area contributed by atoms with Crippen molar-refractivity contribution in [2.24, 2.45) is 0 Å². The molecule has 1 aromatic carbocycles. The van der Waals surface area contributed by atoms with Gasteiger partial charge in [0.2, 0.25) is 5.43 Å². The lowest BCUT2D eigenvalue weighted by Gasteiger charge is -2.30. The first-order valence-electron chi connectivity index (χ1n) is 7.69. The third-order valence-corrected chi connectivity index (χ3v) is 4.23. The monoisotopic (exact) mass is 355 g/mol. The highest BCUT2D eigenvalue weighted by Gasteiger charge is 2.25. The third kappa shape index (κ3) is 3.08. The van der Waals surface area contributed by atoms with E-state index in [0.29, 0.717) is 26.2 Å². The van der Waals surface area contributed by atoms with E-state index in [0.717, 1.165) is 12.3 Å². The highest BCUT2D eigenvalue weighted by atomic mass is 19.1. The number of hydrogen-bond donors (Lipinski definition) is 2. The number of pyridine rings is 1. The van der Waals surface area contributed by atoms with Gasteiger partial charge in [0.25, 0.3) is 0 Å². The second-order valence-electron chi connectivity index (χ2n) is 5.62. The zero-order chi connectivity index (χ0) is 17.4. The van der Waals surface area contributed by atoms with Crippen molar-refractivity contribution in [1.82, 2.24) is 9.88 Å². The SMILES string of the molecule is CCn1cc(C(=O)O)c(=O)c2cc(F)c(N3CCNCC3)c(F)c21.O. The van der Waals surface area contributed by atoms with Crippen LogP contribution in [0.5, 0.6) is 0 Å². The lowest BCUT2D eigenvalue weighted by atomic mass is 10.1. The molecule has 0 radical (unpaired) electrons. The highest BCUT2D eigenvalue weighted by Crippen LogP contribution is 2.30. The second kappa shape index (κ2) is 7.16. The molecule has 1 aliphatic heterocycles.